The second kappa shape index (κ2) is 12.8. The maximum atomic E-state index is 13.4. The number of anilines is 1. The van der Waals surface area contributed by atoms with E-state index in [1.807, 2.05) is 55.6 Å². The van der Waals surface area contributed by atoms with Crippen LogP contribution in [0.3, 0.4) is 0 Å². The standard InChI is InChI=1S/C26H25ClN6O2S.C3H4F2O2/c1-28-26-30-20-14-19(6-7-22(20)32(26)9-8-31-10-12-35-13-11-31)33-16-29-21-15-23(36-24(21)25(33)34)17-2-4-18(27)5-3-17;1-3(4,5)2(6)7/h2-7,14-16H,8-13H2,1H3,(H,28,30);1H3,(H,6,7). The maximum absolute atomic E-state index is 13.4. The largest absolute Gasteiger partial charge is 0.477 e. The summed E-state index contributed by atoms with van der Waals surface area (Å²) >= 11 is 7.47. The Hall–Kier alpha value is -3.91. The van der Waals surface area contributed by atoms with E-state index in [0.717, 1.165) is 72.5 Å². The van der Waals surface area contributed by atoms with Gasteiger partial charge in [0.15, 0.2) is 0 Å². The molecule has 2 aromatic carbocycles. The number of carboxylic acid groups (broad SMARTS) is 1. The molecule has 1 aliphatic rings. The molecule has 0 amide bonds. The number of nitrogens with zero attached hydrogens (tertiary/aromatic N) is 5. The Labute approximate surface area is 254 Å². The minimum Gasteiger partial charge on any atom is -0.477 e. The van der Waals surface area contributed by atoms with Crippen molar-refractivity contribution in [1.29, 1.82) is 0 Å². The van der Waals surface area contributed by atoms with Crippen LogP contribution in [0.5, 0.6) is 0 Å². The Kier molecular flexibility index (Phi) is 9.06. The second-order valence-corrected chi connectivity index (χ2v) is 11.4. The summed E-state index contributed by atoms with van der Waals surface area (Å²) in [5.74, 6) is -4.87. The molecule has 0 aliphatic carbocycles. The molecule has 43 heavy (non-hydrogen) atoms. The minimum atomic E-state index is -3.58. The number of rotatable bonds is 7. The summed E-state index contributed by atoms with van der Waals surface area (Å²) in [6.45, 7) is 5.55. The number of ether oxygens (including phenoxy) is 1. The van der Waals surface area contributed by atoms with Gasteiger partial charge in [-0.1, -0.05) is 23.7 Å². The van der Waals surface area contributed by atoms with Crippen LogP contribution in [-0.2, 0) is 16.1 Å². The molecule has 1 saturated heterocycles. The molecule has 1 aliphatic heterocycles. The van der Waals surface area contributed by atoms with Gasteiger partial charge in [-0.2, -0.15) is 8.78 Å². The third-order valence-electron chi connectivity index (χ3n) is 6.92. The van der Waals surface area contributed by atoms with Crippen LogP contribution in [0.2, 0.25) is 5.02 Å². The van der Waals surface area contributed by atoms with Gasteiger partial charge in [0.25, 0.3) is 5.56 Å². The Morgan fingerprint density at radius 2 is 1.81 bits per heavy atom. The van der Waals surface area contributed by atoms with E-state index in [9.17, 15) is 18.4 Å². The summed E-state index contributed by atoms with van der Waals surface area (Å²) < 4.78 is 32.4. The molecule has 0 unspecified atom stereocenters. The molecule has 1 fully saturated rings. The van der Waals surface area contributed by atoms with Gasteiger partial charge in [0.1, 0.15) is 11.0 Å². The number of hydrogen-bond acceptors (Lipinski definition) is 8. The van der Waals surface area contributed by atoms with E-state index in [-0.39, 0.29) is 5.56 Å². The van der Waals surface area contributed by atoms with Crippen LogP contribution in [0.1, 0.15) is 6.92 Å². The highest BCUT2D eigenvalue weighted by Gasteiger charge is 2.31. The van der Waals surface area contributed by atoms with Crippen LogP contribution in [0.15, 0.2) is 59.7 Å². The number of benzene rings is 2. The van der Waals surface area contributed by atoms with E-state index in [4.69, 9.17) is 26.4 Å². The molecule has 2 N–H and O–H groups in total. The van der Waals surface area contributed by atoms with Crippen LogP contribution in [0, 0.1) is 0 Å². The van der Waals surface area contributed by atoms with Crippen molar-refractivity contribution in [1.82, 2.24) is 24.0 Å². The number of morpholine rings is 1. The number of carboxylic acids is 1. The van der Waals surface area contributed by atoms with Crippen molar-refractivity contribution < 1.29 is 23.4 Å². The summed E-state index contributed by atoms with van der Waals surface area (Å²) in [6.07, 6.45) is 1.60. The topological polar surface area (TPSA) is 115 Å². The fourth-order valence-electron chi connectivity index (χ4n) is 4.60. The molecule has 3 aromatic heterocycles. The van der Waals surface area contributed by atoms with Gasteiger partial charge in [-0.05, 0) is 42.0 Å². The number of thiophene rings is 1. The van der Waals surface area contributed by atoms with Crippen molar-refractivity contribution in [2.45, 2.75) is 19.4 Å². The number of fused-ring (bicyclic) bond motifs is 2. The summed E-state index contributed by atoms with van der Waals surface area (Å²) in [7, 11) is 1.88. The number of alkyl halides is 2. The first-order valence-electron chi connectivity index (χ1n) is 13.4. The maximum Gasteiger partial charge on any atom is 0.374 e. The average molecular weight is 631 g/mol. The fraction of sp³-hybridized carbons (Fsp3) is 0.310. The molecule has 14 heteroatoms. The van der Waals surface area contributed by atoms with Crippen molar-refractivity contribution in [2.75, 3.05) is 45.2 Å². The third kappa shape index (κ3) is 6.85. The smallest absolute Gasteiger partial charge is 0.374 e. The second-order valence-electron chi connectivity index (χ2n) is 9.91. The molecule has 226 valence electrons. The molecule has 0 spiro atoms. The van der Waals surface area contributed by atoms with Crippen molar-refractivity contribution in [2.24, 2.45) is 0 Å². The van der Waals surface area contributed by atoms with Gasteiger partial charge < -0.3 is 19.7 Å². The van der Waals surface area contributed by atoms with Gasteiger partial charge in [-0.25, -0.2) is 14.8 Å². The Balaban J connectivity index is 0.000000472. The quantitative estimate of drug-likeness (QED) is 0.252. The van der Waals surface area contributed by atoms with E-state index in [0.29, 0.717) is 22.2 Å². The molecular formula is C29H29ClF2N6O4S. The normalized spacial score (nSPS) is 14.1. The van der Waals surface area contributed by atoms with Crippen molar-refractivity contribution >= 4 is 56.1 Å². The van der Waals surface area contributed by atoms with Crippen molar-refractivity contribution in [3.8, 4) is 16.1 Å². The zero-order chi connectivity index (χ0) is 30.7. The van der Waals surface area contributed by atoms with Crippen LogP contribution in [-0.4, -0.2) is 80.9 Å². The summed E-state index contributed by atoms with van der Waals surface area (Å²) in [6, 6.07) is 15.5. The summed E-state index contributed by atoms with van der Waals surface area (Å²) in [5, 5.41) is 11.4. The number of imidazole rings is 1. The molecule has 10 nitrogen and oxygen atoms in total. The number of hydrogen-bond donors (Lipinski definition) is 2. The number of aromatic nitrogens is 4. The van der Waals surface area contributed by atoms with Crippen molar-refractivity contribution in [3.63, 3.8) is 0 Å². The Morgan fingerprint density at radius 3 is 2.47 bits per heavy atom. The lowest BCUT2D eigenvalue weighted by Crippen LogP contribution is -2.38. The zero-order valence-electron chi connectivity index (χ0n) is 23.4. The van der Waals surface area contributed by atoms with Gasteiger partial charge >= 0.3 is 11.9 Å². The average Bonchev–Trinajstić information content (AvgIpc) is 3.58. The predicted molar refractivity (Wildman–Crippen MR) is 164 cm³/mol. The lowest BCUT2D eigenvalue weighted by molar-refractivity contribution is -0.161. The van der Waals surface area contributed by atoms with E-state index in [2.05, 4.69) is 19.8 Å². The van der Waals surface area contributed by atoms with Crippen molar-refractivity contribution in [3.05, 3.63) is 70.2 Å². The fourth-order valence-corrected chi connectivity index (χ4v) is 5.78. The highest BCUT2D eigenvalue weighted by molar-refractivity contribution is 7.22. The number of halogens is 3. The monoisotopic (exact) mass is 630 g/mol. The Bertz CT molecular complexity index is 1810. The lowest BCUT2D eigenvalue weighted by atomic mass is 10.2. The van der Waals surface area contributed by atoms with Crippen LogP contribution < -0.4 is 10.9 Å². The van der Waals surface area contributed by atoms with Gasteiger partial charge in [0.05, 0.1) is 35.5 Å². The Morgan fingerprint density at radius 1 is 1.12 bits per heavy atom. The molecule has 0 radical (unpaired) electrons. The van der Waals surface area contributed by atoms with Gasteiger partial charge in [-0.3, -0.25) is 14.3 Å². The SMILES string of the molecule is CC(F)(F)C(=O)O.CNc1nc2cc(-n3cnc4cc(-c5ccc(Cl)cc5)sc4c3=O)ccc2n1CCN1CCOCC1. The molecule has 6 rings (SSSR count). The predicted octanol–water partition coefficient (Wildman–Crippen LogP) is 5.22. The molecule has 0 bridgehead atoms. The first-order valence-corrected chi connectivity index (χ1v) is 14.6. The highest BCUT2D eigenvalue weighted by atomic mass is 35.5. The first kappa shape index (κ1) is 30.5. The van der Waals surface area contributed by atoms with Gasteiger partial charge in [-0.15, -0.1) is 11.3 Å². The molecule has 0 atom stereocenters. The summed E-state index contributed by atoms with van der Waals surface area (Å²) in [5.41, 5.74) is 4.21. The highest BCUT2D eigenvalue weighted by Crippen LogP contribution is 2.32. The number of carbonyl (C=O) groups is 1. The minimum absolute atomic E-state index is 0.0925. The zero-order valence-corrected chi connectivity index (χ0v) is 25.0. The van der Waals surface area contributed by atoms with E-state index in [1.165, 1.54) is 11.3 Å². The lowest BCUT2D eigenvalue weighted by Gasteiger charge is -2.26. The molecule has 0 saturated carbocycles. The molecular weight excluding hydrogens is 602 g/mol. The van der Waals surface area contributed by atoms with Gasteiger partial charge in [0.2, 0.25) is 5.95 Å². The molecule has 4 heterocycles. The summed E-state index contributed by atoms with van der Waals surface area (Å²) in [4.78, 5) is 35.5. The van der Waals surface area contributed by atoms with E-state index >= 15 is 0 Å². The van der Waals surface area contributed by atoms with E-state index < -0.39 is 11.9 Å². The molecule has 5 aromatic rings. The van der Waals surface area contributed by atoms with Crippen LogP contribution in [0.4, 0.5) is 14.7 Å². The first-order chi connectivity index (χ1) is 20.5. The van der Waals surface area contributed by atoms with Gasteiger partial charge in [0, 0.05) is 50.1 Å². The van der Waals surface area contributed by atoms with Crippen LogP contribution in [0.25, 0.3) is 37.4 Å². The van der Waals surface area contributed by atoms with E-state index in [1.54, 1.807) is 10.9 Å². The number of aliphatic carboxylic acids is 1. The number of nitrogens with one attached hydrogen (secondary N) is 1. The van der Waals surface area contributed by atoms with Crippen LogP contribution >= 0.6 is 22.9 Å². The third-order valence-corrected chi connectivity index (χ3v) is 8.33.